The fourth-order valence-electron chi connectivity index (χ4n) is 1.93. The predicted octanol–water partition coefficient (Wildman–Crippen LogP) is 2.13. The molecule has 2 unspecified atom stereocenters. The quantitative estimate of drug-likeness (QED) is 0.857. The molecule has 1 saturated heterocycles. The van der Waals surface area contributed by atoms with E-state index in [0.29, 0.717) is 12.0 Å². The third-order valence-electron chi connectivity index (χ3n) is 2.78. The summed E-state index contributed by atoms with van der Waals surface area (Å²) in [6.45, 7) is 5.27. The number of thioether (sulfide) groups is 2. The summed E-state index contributed by atoms with van der Waals surface area (Å²) in [5.41, 5.74) is 0. The van der Waals surface area contributed by atoms with Crippen LogP contribution >= 0.6 is 23.5 Å². The molecule has 4 nitrogen and oxygen atoms in total. The second-order valence-electron chi connectivity index (χ2n) is 3.99. The fraction of sp³-hybridized carbons (Fsp3) is 0.818. The van der Waals surface area contributed by atoms with Crippen LogP contribution in [-0.4, -0.2) is 40.0 Å². The maximum atomic E-state index is 5.39. The first kappa shape index (κ1) is 13.2. The highest BCUT2D eigenvalue weighted by molar-refractivity contribution is 7.99. The molecule has 1 aromatic rings. The fourth-order valence-corrected chi connectivity index (χ4v) is 3.80. The predicted molar refractivity (Wildman–Crippen MR) is 73.7 cm³/mol. The summed E-state index contributed by atoms with van der Waals surface area (Å²) in [6, 6.07) is 0.483. The average Bonchev–Trinajstić information content (AvgIpc) is 2.95. The number of nitrogens with zero attached hydrogens (tertiary/aromatic N) is 2. The lowest BCUT2D eigenvalue weighted by Crippen LogP contribution is -2.34. The van der Waals surface area contributed by atoms with E-state index in [1.54, 1.807) is 0 Å². The van der Waals surface area contributed by atoms with Crippen molar-refractivity contribution in [3.05, 3.63) is 11.7 Å². The summed E-state index contributed by atoms with van der Waals surface area (Å²) in [4.78, 5) is 4.51. The van der Waals surface area contributed by atoms with Crippen LogP contribution < -0.4 is 5.32 Å². The molecule has 2 atom stereocenters. The van der Waals surface area contributed by atoms with Gasteiger partial charge in [-0.1, -0.05) is 19.0 Å². The molecule has 0 aromatic carbocycles. The van der Waals surface area contributed by atoms with Crippen molar-refractivity contribution >= 4 is 23.5 Å². The molecule has 1 N–H and O–H groups in total. The van der Waals surface area contributed by atoms with Crippen LogP contribution in [0.5, 0.6) is 0 Å². The molecule has 1 aromatic heterocycles. The van der Waals surface area contributed by atoms with Crippen LogP contribution in [0.15, 0.2) is 4.52 Å². The van der Waals surface area contributed by atoms with Crippen LogP contribution in [0, 0.1) is 0 Å². The van der Waals surface area contributed by atoms with E-state index in [-0.39, 0.29) is 0 Å². The summed E-state index contributed by atoms with van der Waals surface area (Å²) in [7, 11) is 0. The molecule has 0 bridgehead atoms. The van der Waals surface area contributed by atoms with Gasteiger partial charge in [-0.15, -0.1) is 0 Å². The van der Waals surface area contributed by atoms with Gasteiger partial charge in [0.05, 0.1) is 11.7 Å². The number of hydrogen-bond acceptors (Lipinski definition) is 6. The molecule has 0 aliphatic carbocycles. The van der Waals surface area contributed by atoms with E-state index < -0.39 is 0 Å². The molecule has 2 heterocycles. The van der Waals surface area contributed by atoms with Crippen LogP contribution in [-0.2, 0) is 5.75 Å². The highest BCUT2D eigenvalue weighted by Gasteiger charge is 2.32. The van der Waals surface area contributed by atoms with Gasteiger partial charge in [-0.2, -0.15) is 28.5 Å². The van der Waals surface area contributed by atoms with E-state index in [2.05, 4.69) is 29.3 Å². The third kappa shape index (κ3) is 3.39. The second-order valence-corrected chi connectivity index (χ2v) is 6.34. The Morgan fingerprint density at radius 1 is 1.47 bits per heavy atom. The Hall–Kier alpha value is -0.200. The Balaban J connectivity index is 1.98. The monoisotopic (exact) mass is 273 g/mol. The Kier molecular flexibility index (Phi) is 5.18. The number of nitrogens with one attached hydrogen (secondary N) is 1. The minimum atomic E-state index is 0.382. The number of hydrogen-bond donors (Lipinski definition) is 1. The van der Waals surface area contributed by atoms with Gasteiger partial charge < -0.3 is 9.84 Å². The van der Waals surface area contributed by atoms with Crippen molar-refractivity contribution in [2.45, 2.75) is 31.6 Å². The molecule has 1 fully saturated rings. The molecule has 0 spiro atoms. The molecule has 2 rings (SSSR count). The van der Waals surface area contributed by atoms with Gasteiger partial charge in [0.2, 0.25) is 5.89 Å². The van der Waals surface area contributed by atoms with Gasteiger partial charge in [0.15, 0.2) is 5.82 Å². The van der Waals surface area contributed by atoms with Crippen molar-refractivity contribution in [1.82, 2.24) is 15.5 Å². The Bertz CT molecular complexity index is 345. The first-order chi connectivity index (χ1) is 8.35. The number of aromatic nitrogens is 2. The lowest BCUT2D eigenvalue weighted by atomic mass is 10.0. The van der Waals surface area contributed by atoms with Crippen LogP contribution in [0.4, 0.5) is 0 Å². The number of likely N-dealkylation sites (N-methyl/N-ethyl adjacent to an activating group) is 1. The summed E-state index contributed by atoms with van der Waals surface area (Å²) < 4.78 is 5.39. The zero-order valence-electron chi connectivity index (χ0n) is 10.3. The summed E-state index contributed by atoms with van der Waals surface area (Å²) in [5, 5.41) is 7.54. The molecule has 17 heavy (non-hydrogen) atoms. The Morgan fingerprint density at radius 3 is 3.12 bits per heavy atom. The van der Waals surface area contributed by atoms with Gasteiger partial charge in [-0.05, 0) is 12.3 Å². The van der Waals surface area contributed by atoms with Gasteiger partial charge in [0, 0.05) is 17.5 Å². The molecule has 6 heteroatoms. The maximum absolute atomic E-state index is 5.39. The second kappa shape index (κ2) is 6.66. The molecule has 0 radical (unpaired) electrons. The van der Waals surface area contributed by atoms with Crippen LogP contribution in [0.25, 0.3) is 0 Å². The summed E-state index contributed by atoms with van der Waals surface area (Å²) in [5.74, 6) is 6.19. The molecule has 1 aliphatic rings. The zero-order valence-corrected chi connectivity index (χ0v) is 11.9. The van der Waals surface area contributed by atoms with E-state index in [9.17, 15) is 0 Å². The van der Waals surface area contributed by atoms with E-state index in [1.807, 2.05) is 23.5 Å². The molecular weight excluding hydrogens is 254 g/mol. The maximum Gasteiger partial charge on any atom is 0.232 e. The molecule has 0 amide bonds. The van der Waals surface area contributed by atoms with Gasteiger partial charge in [-0.3, -0.25) is 0 Å². The first-order valence-corrected chi connectivity index (χ1v) is 8.37. The largest absolute Gasteiger partial charge is 0.339 e. The van der Waals surface area contributed by atoms with Crippen molar-refractivity contribution in [3.63, 3.8) is 0 Å². The lowest BCUT2D eigenvalue weighted by molar-refractivity contribution is 0.338. The van der Waals surface area contributed by atoms with Gasteiger partial charge in [0.25, 0.3) is 0 Å². The van der Waals surface area contributed by atoms with E-state index in [4.69, 9.17) is 4.52 Å². The van der Waals surface area contributed by atoms with Gasteiger partial charge in [-0.25, -0.2) is 0 Å². The molecule has 0 saturated carbocycles. The SMILES string of the molecule is CCNC1CSCC1c1nc(CSCC)no1. The molecule has 1 aliphatic heterocycles. The third-order valence-corrected chi connectivity index (χ3v) is 4.84. The van der Waals surface area contributed by atoms with Crippen LogP contribution in [0.1, 0.15) is 31.5 Å². The molecular formula is C11H19N3OS2. The molecule has 96 valence electrons. The smallest absolute Gasteiger partial charge is 0.232 e. The van der Waals surface area contributed by atoms with E-state index >= 15 is 0 Å². The van der Waals surface area contributed by atoms with Gasteiger partial charge in [0.1, 0.15) is 0 Å². The van der Waals surface area contributed by atoms with Crippen LogP contribution in [0.2, 0.25) is 0 Å². The van der Waals surface area contributed by atoms with Gasteiger partial charge >= 0.3 is 0 Å². The number of rotatable bonds is 6. The Labute approximate surface area is 111 Å². The Morgan fingerprint density at radius 2 is 2.35 bits per heavy atom. The highest BCUT2D eigenvalue weighted by Crippen LogP contribution is 2.32. The van der Waals surface area contributed by atoms with Crippen molar-refractivity contribution in [1.29, 1.82) is 0 Å². The van der Waals surface area contributed by atoms with Crippen molar-refractivity contribution < 1.29 is 4.52 Å². The minimum Gasteiger partial charge on any atom is -0.339 e. The topological polar surface area (TPSA) is 51.0 Å². The van der Waals surface area contributed by atoms with E-state index in [0.717, 1.165) is 41.3 Å². The highest BCUT2D eigenvalue weighted by atomic mass is 32.2. The normalized spacial score (nSPS) is 24.4. The average molecular weight is 273 g/mol. The van der Waals surface area contributed by atoms with Crippen LogP contribution in [0.3, 0.4) is 0 Å². The summed E-state index contributed by atoms with van der Waals surface area (Å²) >= 11 is 3.78. The minimum absolute atomic E-state index is 0.382. The lowest BCUT2D eigenvalue weighted by Gasteiger charge is -2.15. The first-order valence-electron chi connectivity index (χ1n) is 6.06. The van der Waals surface area contributed by atoms with Crippen molar-refractivity contribution in [2.75, 3.05) is 23.8 Å². The van der Waals surface area contributed by atoms with Crippen molar-refractivity contribution in [3.8, 4) is 0 Å². The summed E-state index contributed by atoms with van der Waals surface area (Å²) in [6.07, 6.45) is 0. The standard InChI is InChI=1S/C11H19N3OS2/c1-3-12-9-6-17-5-8(9)11-13-10(14-15-11)7-16-4-2/h8-9,12H,3-7H2,1-2H3. The zero-order chi connectivity index (χ0) is 12.1. The van der Waals surface area contributed by atoms with Crippen molar-refractivity contribution in [2.24, 2.45) is 0 Å². The van der Waals surface area contributed by atoms with E-state index in [1.165, 1.54) is 0 Å².